The Morgan fingerprint density at radius 3 is 2.29 bits per heavy atom. The minimum absolute atomic E-state index is 0.259. The minimum Gasteiger partial charge on any atom is -0.494 e. The SMILES string of the molecule is CCc1ccc(OCCCCn2c(CNC(=O)c3cc(OC)c(OC)c(OC)c3)nc3ccccc32)cc1. The molecular weight excluding hydrogens is 482 g/mol. The van der Waals surface area contributed by atoms with Crippen LogP contribution in [-0.2, 0) is 19.5 Å². The van der Waals surface area contributed by atoms with Crippen LogP contribution in [-0.4, -0.2) is 43.4 Å². The van der Waals surface area contributed by atoms with E-state index < -0.39 is 0 Å². The summed E-state index contributed by atoms with van der Waals surface area (Å²) < 4.78 is 24.2. The predicted molar refractivity (Wildman–Crippen MR) is 148 cm³/mol. The number of amides is 1. The first kappa shape index (κ1) is 26.9. The zero-order valence-corrected chi connectivity index (χ0v) is 22.5. The summed E-state index contributed by atoms with van der Waals surface area (Å²) in [5, 5.41) is 2.99. The van der Waals surface area contributed by atoms with Crippen LogP contribution in [0.15, 0.2) is 60.7 Å². The third kappa shape index (κ3) is 6.19. The molecule has 0 spiro atoms. The summed E-state index contributed by atoms with van der Waals surface area (Å²) in [6.45, 7) is 3.84. The van der Waals surface area contributed by atoms with E-state index in [1.807, 2.05) is 30.3 Å². The number of aromatic nitrogens is 2. The minimum atomic E-state index is -0.259. The Labute approximate surface area is 223 Å². The van der Waals surface area contributed by atoms with Crippen LogP contribution in [0.3, 0.4) is 0 Å². The third-order valence-electron chi connectivity index (χ3n) is 6.44. The van der Waals surface area contributed by atoms with E-state index in [1.165, 1.54) is 26.9 Å². The smallest absolute Gasteiger partial charge is 0.251 e. The van der Waals surface area contributed by atoms with Gasteiger partial charge in [0.15, 0.2) is 11.5 Å². The molecule has 4 aromatic rings. The number of para-hydroxylation sites is 2. The van der Waals surface area contributed by atoms with Crippen LogP contribution in [0.4, 0.5) is 0 Å². The Bertz CT molecular complexity index is 1340. The highest BCUT2D eigenvalue weighted by atomic mass is 16.5. The number of aryl methyl sites for hydroxylation is 2. The van der Waals surface area contributed by atoms with Gasteiger partial charge in [0.1, 0.15) is 11.6 Å². The monoisotopic (exact) mass is 517 g/mol. The number of hydrogen-bond donors (Lipinski definition) is 1. The normalized spacial score (nSPS) is 10.8. The maximum Gasteiger partial charge on any atom is 0.251 e. The van der Waals surface area contributed by atoms with Gasteiger partial charge in [0.25, 0.3) is 5.91 Å². The second-order valence-electron chi connectivity index (χ2n) is 8.82. The molecule has 0 unspecified atom stereocenters. The quantitative estimate of drug-likeness (QED) is 0.239. The summed E-state index contributed by atoms with van der Waals surface area (Å²) in [6.07, 6.45) is 2.84. The van der Waals surface area contributed by atoms with Gasteiger partial charge in [-0.3, -0.25) is 4.79 Å². The lowest BCUT2D eigenvalue weighted by atomic mass is 10.1. The van der Waals surface area contributed by atoms with Crippen molar-refractivity contribution in [1.29, 1.82) is 0 Å². The zero-order valence-electron chi connectivity index (χ0n) is 22.5. The van der Waals surface area contributed by atoms with Gasteiger partial charge in [-0.15, -0.1) is 0 Å². The molecule has 3 aromatic carbocycles. The Balaban J connectivity index is 1.40. The number of imidazole rings is 1. The van der Waals surface area contributed by atoms with Crippen molar-refractivity contribution in [2.45, 2.75) is 39.3 Å². The summed E-state index contributed by atoms with van der Waals surface area (Å²) in [6, 6.07) is 19.5. The van der Waals surface area contributed by atoms with Gasteiger partial charge in [0.2, 0.25) is 5.75 Å². The Kier molecular flexibility index (Phi) is 9.08. The molecule has 0 saturated carbocycles. The second-order valence-corrected chi connectivity index (χ2v) is 8.82. The Morgan fingerprint density at radius 1 is 0.921 bits per heavy atom. The zero-order chi connectivity index (χ0) is 26.9. The van der Waals surface area contributed by atoms with Crippen LogP contribution < -0.4 is 24.3 Å². The number of methoxy groups -OCH3 is 3. The van der Waals surface area contributed by atoms with Crippen molar-refractivity contribution in [1.82, 2.24) is 14.9 Å². The Morgan fingerprint density at radius 2 is 1.63 bits per heavy atom. The van der Waals surface area contributed by atoms with Crippen molar-refractivity contribution in [3.63, 3.8) is 0 Å². The molecule has 0 bridgehead atoms. The molecule has 1 N–H and O–H groups in total. The highest BCUT2D eigenvalue weighted by Gasteiger charge is 2.18. The molecule has 4 rings (SSSR count). The van der Waals surface area contributed by atoms with E-state index in [4.69, 9.17) is 23.9 Å². The van der Waals surface area contributed by atoms with E-state index in [2.05, 4.69) is 35.0 Å². The molecule has 0 aliphatic heterocycles. The Hall–Kier alpha value is -4.20. The van der Waals surface area contributed by atoms with Gasteiger partial charge in [0.05, 0.1) is 45.5 Å². The summed E-state index contributed by atoms with van der Waals surface area (Å²) in [5.74, 6) is 2.72. The molecule has 1 amide bonds. The van der Waals surface area contributed by atoms with Crippen molar-refractivity contribution in [3.05, 3.63) is 77.6 Å². The molecule has 0 saturated heterocycles. The molecule has 1 aromatic heterocycles. The van der Waals surface area contributed by atoms with E-state index in [9.17, 15) is 4.79 Å². The van der Waals surface area contributed by atoms with Gasteiger partial charge >= 0.3 is 0 Å². The summed E-state index contributed by atoms with van der Waals surface area (Å²) in [7, 11) is 4.57. The van der Waals surface area contributed by atoms with Gasteiger partial charge in [-0.2, -0.15) is 0 Å². The first-order chi connectivity index (χ1) is 18.6. The molecule has 0 radical (unpaired) electrons. The highest BCUT2D eigenvalue weighted by molar-refractivity contribution is 5.95. The summed E-state index contributed by atoms with van der Waals surface area (Å²) >= 11 is 0. The van der Waals surface area contributed by atoms with Gasteiger partial charge < -0.3 is 28.8 Å². The van der Waals surface area contributed by atoms with Crippen LogP contribution in [0.25, 0.3) is 11.0 Å². The average molecular weight is 518 g/mol. The van der Waals surface area contributed by atoms with Gasteiger partial charge in [-0.25, -0.2) is 4.98 Å². The molecule has 38 heavy (non-hydrogen) atoms. The van der Waals surface area contributed by atoms with Crippen molar-refractivity contribution < 1.29 is 23.7 Å². The molecular formula is C30H35N3O5. The van der Waals surface area contributed by atoms with Crippen LogP contribution in [0.1, 0.15) is 41.5 Å². The number of rotatable bonds is 13. The van der Waals surface area contributed by atoms with Crippen LogP contribution >= 0.6 is 0 Å². The number of carbonyl (C=O) groups excluding carboxylic acids is 1. The van der Waals surface area contributed by atoms with Crippen molar-refractivity contribution in [3.8, 4) is 23.0 Å². The standard InChI is InChI=1S/C30H35N3O5/c1-5-21-12-14-23(15-13-21)38-17-9-8-16-33-25-11-7-6-10-24(25)32-28(33)20-31-30(34)22-18-26(35-2)29(37-4)27(19-22)36-3/h6-7,10-15,18-19H,5,8-9,16-17,20H2,1-4H3,(H,31,34). The molecule has 1 heterocycles. The maximum atomic E-state index is 13.0. The van der Waals surface area contributed by atoms with Crippen LogP contribution in [0.5, 0.6) is 23.0 Å². The van der Waals surface area contributed by atoms with Crippen LogP contribution in [0.2, 0.25) is 0 Å². The second kappa shape index (κ2) is 12.9. The van der Waals surface area contributed by atoms with E-state index >= 15 is 0 Å². The van der Waals surface area contributed by atoms with Gasteiger partial charge in [-0.05, 0) is 61.2 Å². The van der Waals surface area contributed by atoms with Crippen molar-refractivity contribution in [2.24, 2.45) is 0 Å². The van der Waals surface area contributed by atoms with Gasteiger partial charge in [0, 0.05) is 12.1 Å². The first-order valence-corrected chi connectivity index (χ1v) is 12.8. The first-order valence-electron chi connectivity index (χ1n) is 12.8. The number of carbonyl (C=O) groups is 1. The van der Waals surface area contributed by atoms with E-state index in [0.29, 0.717) is 29.4 Å². The topological polar surface area (TPSA) is 83.8 Å². The molecule has 0 aliphatic carbocycles. The number of nitrogens with zero attached hydrogens (tertiary/aromatic N) is 2. The summed E-state index contributed by atoms with van der Waals surface area (Å²) in [4.78, 5) is 17.8. The average Bonchev–Trinajstić information content (AvgIpc) is 3.32. The van der Waals surface area contributed by atoms with Crippen LogP contribution in [0, 0.1) is 0 Å². The highest BCUT2D eigenvalue weighted by Crippen LogP contribution is 2.38. The number of fused-ring (bicyclic) bond motifs is 1. The number of unbranched alkanes of at least 4 members (excludes halogenated alkanes) is 1. The fraction of sp³-hybridized carbons (Fsp3) is 0.333. The largest absolute Gasteiger partial charge is 0.494 e. The van der Waals surface area contributed by atoms with E-state index in [-0.39, 0.29) is 12.5 Å². The summed E-state index contributed by atoms with van der Waals surface area (Å²) in [5.41, 5.74) is 3.65. The predicted octanol–water partition coefficient (Wildman–Crippen LogP) is 5.41. The number of benzene rings is 3. The molecule has 200 valence electrons. The number of ether oxygens (including phenoxy) is 4. The third-order valence-corrected chi connectivity index (χ3v) is 6.44. The lowest BCUT2D eigenvalue weighted by Gasteiger charge is -2.14. The number of nitrogens with one attached hydrogen (secondary N) is 1. The van der Waals surface area contributed by atoms with Gasteiger partial charge in [-0.1, -0.05) is 31.2 Å². The molecule has 0 aliphatic rings. The van der Waals surface area contributed by atoms with Crippen molar-refractivity contribution in [2.75, 3.05) is 27.9 Å². The molecule has 0 atom stereocenters. The fourth-order valence-corrected chi connectivity index (χ4v) is 4.37. The lowest BCUT2D eigenvalue weighted by molar-refractivity contribution is 0.0948. The number of hydrogen-bond acceptors (Lipinski definition) is 6. The molecule has 8 heteroatoms. The fourth-order valence-electron chi connectivity index (χ4n) is 4.37. The molecule has 8 nitrogen and oxygen atoms in total. The van der Waals surface area contributed by atoms with Crippen molar-refractivity contribution >= 4 is 16.9 Å². The maximum absolute atomic E-state index is 13.0. The lowest BCUT2D eigenvalue weighted by Crippen LogP contribution is -2.25. The molecule has 0 fully saturated rings. The van der Waals surface area contributed by atoms with E-state index in [0.717, 1.165) is 48.4 Å². The van der Waals surface area contributed by atoms with E-state index in [1.54, 1.807) is 12.1 Å².